The first kappa shape index (κ1) is 47.1. The number of guanidine groups is 1. The lowest BCUT2D eigenvalue weighted by Gasteiger charge is -2.32. The lowest BCUT2D eigenvalue weighted by Crippen LogP contribution is -2.60. The van der Waals surface area contributed by atoms with Gasteiger partial charge in [-0.05, 0) is 62.0 Å². The average Bonchev–Trinajstić information content (AvgIpc) is 3.76. The molecule has 5 rings (SSSR count). The molecule has 2 aromatic rings. The van der Waals surface area contributed by atoms with Crippen molar-refractivity contribution in [1.82, 2.24) is 42.1 Å². The van der Waals surface area contributed by atoms with Crippen molar-refractivity contribution in [2.45, 2.75) is 133 Å². The molecule has 17 heteroatoms. The third-order valence-corrected chi connectivity index (χ3v) is 11.9. The molecule has 2 heterocycles. The van der Waals surface area contributed by atoms with Crippen LogP contribution in [0.15, 0.2) is 60.7 Å². The molecule has 17 nitrogen and oxygen atoms in total. The second kappa shape index (κ2) is 23.9. The van der Waals surface area contributed by atoms with Gasteiger partial charge in [0.05, 0.1) is 0 Å². The largest absolute Gasteiger partial charge is 0.370 e. The number of hydrogen-bond donors (Lipinski definition) is 9. The fraction of sp³-hybridized carbons (Fsp3) is 0.556. The number of amides is 7. The predicted octanol–water partition coefficient (Wildman–Crippen LogP) is 1.05. The van der Waals surface area contributed by atoms with Gasteiger partial charge in [-0.2, -0.15) is 0 Å². The monoisotopic (exact) mass is 856 g/mol. The number of benzene rings is 2. The zero-order valence-corrected chi connectivity index (χ0v) is 35.7. The third-order valence-electron chi connectivity index (χ3n) is 11.9. The highest BCUT2D eigenvalue weighted by Crippen LogP contribution is 2.28. The second-order valence-corrected chi connectivity index (χ2v) is 16.7. The Hall–Kier alpha value is -6.00. The van der Waals surface area contributed by atoms with Gasteiger partial charge < -0.3 is 47.9 Å². The molecule has 62 heavy (non-hydrogen) atoms. The zero-order chi connectivity index (χ0) is 44.4. The van der Waals surface area contributed by atoms with Crippen LogP contribution in [-0.4, -0.2) is 108 Å². The normalized spacial score (nSPS) is 23.9. The molecule has 10 N–H and O–H groups in total. The Morgan fingerprint density at radius 2 is 1.42 bits per heavy atom. The van der Waals surface area contributed by atoms with Crippen molar-refractivity contribution >= 4 is 47.3 Å². The summed E-state index contributed by atoms with van der Waals surface area (Å²) in [6.45, 7) is 1.90. The molecule has 3 fully saturated rings. The van der Waals surface area contributed by atoms with Gasteiger partial charge in [-0.1, -0.05) is 92.8 Å². The summed E-state index contributed by atoms with van der Waals surface area (Å²) in [4.78, 5) is 98.9. The van der Waals surface area contributed by atoms with Crippen molar-refractivity contribution in [3.05, 3.63) is 71.8 Å². The van der Waals surface area contributed by atoms with Gasteiger partial charge in [0.1, 0.15) is 36.3 Å². The van der Waals surface area contributed by atoms with Crippen molar-refractivity contribution in [2.75, 3.05) is 19.6 Å². The maximum atomic E-state index is 14.5. The van der Waals surface area contributed by atoms with Crippen LogP contribution < -0.4 is 43.0 Å². The van der Waals surface area contributed by atoms with Gasteiger partial charge in [0.25, 0.3) is 0 Å². The molecule has 3 aliphatic rings. The van der Waals surface area contributed by atoms with E-state index in [1.54, 1.807) is 0 Å². The molecular formula is C45H64N10O7. The maximum absolute atomic E-state index is 14.5. The van der Waals surface area contributed by atoms with Crippen LogP contribution in [0.2, 0.25) is 0 Å². The summed E-state index contributed by atoms with van der Waals surface area (Å²) < 4.78 is 0. The van der Waals surface area contributed by atoms with E-state index in [0.717, 1.165) is 43.2 Å². The Morgan fingerprint density at radius 1 is 0.774 bits per heavy atom. The maximum Gasteiger partial charge on any atom is 0.245 e. The van der Waals surface area contributed by atoms with E-state index in [-0.39, 0.29) is 63.6 Å². The molecule has 7 amide bonds. The van der Waals surface area contributed by atoms with Crippen molar-refractivity contribution in [2.24, 2.45) is 11.7 Å². The van der Waals surface area contributed by atoms with Crippen molar-refractivity contribution in [1.29, 1.82) is 5.41 Å². The molecular weight excluding hydrogens is 793 g/mol. The summed E-state index contributed by atoms with van der Waals surface area (Å²) in [7, 11) is 0. The molecule has 2 aromatic carbocycles. The van der Waals surface area contributed by atoms with E-state index in [1.165, 1.54) is 11.8 Å². The molecule has 4 unspecified atom stereocenters. The van der Waals surface area contributed by atoms with Crippen LogP contribution in [0.25, 0.3) is 0 Å². The van der Waals surface area contributed by atoms with E-state index in [4.69, 9.17) is 11.1 Å². The topological polar surface area (TPSA) is 257 Å². The number of rotatable bonds is 13. The Kier molecular flexibility index (Phi) is 18.1. The predicted molar refractivity (Wildman–Crippen MR) is 233 cm³/mol. The van der Waals surface area contributed by atoms with Gasteiger partial charge in [0, 0.05) is 39.4 Å². The summed E-state index contributed by atoms with van der Waals surface area (Å²) in [6, 6.07) is 12.2. The highest BCUT2D eigenvalue weighted by atomic mass is 16.2. The Labute approximate surface area is 363 Å². The van der Waals surface area contributed by atoms with Crippen molar-refractivity contribution in [3.63, 3.8) is 0 Å². The van der Waals surface area contributed by atoms with Gasteiger partial charge in [-0.15, -0.1) is 0 Å². The molecule has 2 aliphatic heterocycles. The van der Waals surface area contributed by atoms with Crippen LogP contribution in [0.4, 0.5) is 0 Å². The van der Waals surface area contributed by atoms with Crippen LogP contribution in [0, 0.1) is 11.3 Å². The van der Waals surface area contributed by atoms with E-state index >= 15 is 0 Å². The molecule has 1 aliphatic carbocycles. The molecule has 2 saturated heterocycles. The van der Waals surface area contributed by atoms with E-state index in [0.29, 0.717) is 25.7 Å². The van der Waals surface area contributed by atoms with Crippen LogP contribution in [0.3, 0.4) is 0 Å². The fourth-order valence-corrected chi connectivity index (χ4v) is 8.64. The van der Waals surface area contributed by atoms with E-state index in [2.05, 4.69) is 37.2 Å². The number of carbonyl (C=O) groups excluding carboxylic acids is 7. The molecule has 1 saturated carbocycles. The highest BCUT2D eigenvalue weighted by molar-refractivity contribution is 5.97. The lowest BCUT2D eigenvalue weighted by molar-refractivity contribution is -0.142. The van der Waals surface area contributed by atoms with Crippen molar-refractivity contribution in [3.8, 4) is 0 Å². The molecule has 0 spiro atoms. The quantitative estimate of drug-likeness (QED) is 0.0792. The zero-order valence-electron chi connectivity index (χ0n) is 35.7. The van der Waals surface area contributed by atoms with Crippen LogP contribution >= 0.6 is 0 Å². The van der Waals surface area contributed by atoms with Crippen LogP contribution in [0.1, 0.15) is 95.1 Å². The smallest absolute Gasteiger partial charge is 0.245 e. The van der Waals surface area contributed by atoms with Gasteiger partial charge >= 0.3 is 0 Å². The summed E-state index contributed by atoms with van der Waals surface area (Å²) in [6.07, 6.45) is 7.23. The number of hydrogen-bond acceptors (Lipinski definition) is 8. The second-order valence-electron chi connectivity index (χ2n) is 16.7. The Balaban J connectivity index is 1.45. The minimum Gasteiger partial charge on any atom is -0.370 e. The molecule has 0 radical (unpaired) electrons. The average molecular weight is 857 g/mol. The van der Waals surface area contributed by atoms with Gasteiger partial charge in [-0.3, -0.25) is 39.0 Å². The Morgan fingerprint density at radius 3 is 2.10 bits per heavy atom. The van der Waals surface area contributed by atoms with Gasteiger partial charge in [0.2, 0.25) is 41.4 Å². The standard InChI is InChI=1S/C45H64N10O7/c1-29(56)50-35(26-30-14-5-2-6-15-30)40(58)52-34-21-12-23-48-39(57)33(20-11-24-49-45(46)47)51-41(59)36(27-31-16-7-3-8-17-31)53-42(60)37(28-32-18-9-4-10-19-32)54-43(61)38-22-13-25-55(38)44(34)62/h2-3,5-8,14-17,32-38H,4,9-13,18-28H2,1H3,(H,48,57)(H,50,56)(H,51,59)(H,52,58)(H,53,60)(H,54,61)(H4,46,47,49)/t33?,34?,35-,36?,37+,38?/m0/s1. The van der Waals surface area contributed by atoms with Crippen molar-refractivity contribution < 1.29 is 33.6 Å². The summed E-state index contributed by atoms with van der Waals surface area (Å²) >= 11 is 0. The lowest BCUT2D eigenvalue weighted by atomic mass is 9.84. The third kappa shape index (κ3) is 14.6. The molecule has 6 atom stereocenters. The Bertz CT molecular complexity index is 1860. The molecule has 336 valence electrons. The highest BCUT2D eigenvalue weighted by Gasteiger charge is 2.40. The first-order valence-electron chi connectivity index (χ1n) is 22.1. The molecule has 0 bridgehead atoms. The minimum atomic E-state index is -1.12. The van der Waals surface area contributed by atoms with Crippen LogP contribution in [0.5, 0.6) is 0 Å². The number of nitrogens with two attached hydrogens (primary N) is 1. The van der Waals surface area contributed by atoms with Gasteiger partial charge in [-0.25, -0.2) is 0 Å². The number of nitrogens with zero attached hydrogens (tertiary/aromatic N) is 1. The minimum absolute atomic E-state index is 0.0760. The first-order chi connectivity index (χ1) is 29.9. The number of nitrogens with one attached hydrogen (secondary N) is 8. The van der Waals surface area contributed by atoms with E-state index in [9.17, 15) is 33.6 Å². The first-order valence-corrected chi connectivity index (χ1v) is 22.1. The number of carbonyl (C=O) groups is 7. The SMILES string of the molecule is CC(=O)N[C@@H](Cc1ccccc1)C(=O)NC1CCCNC(=O)C(CCCNC(=N)N)NC(=O)C(Cc2ccccc2)NC(=O)[C@@H](CC2CCCCC2)NC(=O)C2CCCN2C1=O. The number of fused-ring (bicyclic) bond motifs is 1. The summed E-state index contributed by atoms with van der Waals surface area (Å²) in [5.41, 5.74) is 7.05. The summed E-state index contributed by atoms with van der Waals surface area (Å²) in [5, 5.41) is 27.4. The molecule has 0 aromatic heterocycles. The summed E-state index contributed by atoms with van der Waals surface area (Å²) in [5.74, 6) is -3.67. The van der Waals surface area contributed by atoms with Crippen LogP contribution in [-0.2, 0) is 46.4 Å². The van der Waals surface area contributed by atoms with E-state index < -0.39 is 77.6 Å². The van der Waals surface area contributed by atoms with E-state index in [1.807, 2.05) is 60.7 Å². The van der Waals surface area contributed by atoms with Gasteiger partial charge in [0.15, 0.2) is 5.96 Å². The fourth-order valence-electron chi connectivity index (χ4n) is 8.64.